The maximum Gasteiger partial charge on any atom is 0.0472 e. The van der Waals surface area contributed by atoms with Crippen LogP contribution in [-0.4, -0.2) is 40.1 Å². The highest BCUT2D eigenvalue weighted by Gasteiger charge is 2.07. The summed E-state index contributed by atoms with van der Waals surface area (Å²) in [6, 6.07) is 0. The van der Waals surface area contributed by atoms with Gasteiger partial charge in [0.15, 0.2) is 0 Å². The molecule has 0 atom stereocenters. The molecule has 4 nitrogen and oxygen atoms in total. The molecular weight excluding hydrogens is 194 g/mol. The number of aromatic nitrogens is 1. The van der Waals surface area contributed by atoms with Gasteiger partial charge in [0, 0.05) is 32.2 Å². The lowest BCUT2D eigenvalue weighted by atomic mass is 9.98. The Kier molecular flexibility index (Phi) is 5.25. The molecule has 1 aromatic heterocycles. The van der Waals surface area contributed by atoms with Crippen LogP contribution in [0.5, 0.6) is 0 Å². The van der Waals surface area contributed by atoms with Crippen molar-refractivity contribution in [2.45, 2.75) is 19.3 Å². The largest absolute Gasteiger partial charge is 0.396 e. The molecule has 3 N–H and O–H groups in total. The van der Waals surface area contributed by atoms with Crippen molar-refractivity contribution in [1.29, 1.82) is 0 Å². The van der Waals surface area contributed by atoms with Gasteiger partial charge in [-0.25, -0.2) is 0 Å². The van der Waals surface area contributed by atoms with Crippen LogP contribution in [0.3, 0.4) is 0 Å². The molecule has 84 valence electrons. The highest BCUT2D eigenvalue weighted by Crippen LogP contribution is 2.15. The molecule has 1 aromatic rings. The van der Waals surface area contributed by atoms with E-state index in [1.807, 2.05) is 0 Å². The third-order valence-electron chi connectivity index (χ3n) is 2.36. The highest BCUT2D eigenvalue weighted by molar-refractivity contribution is 5.32. The predicted molar refractivity (Wildman–Crippen MR) is 56.6 cm³/mol. The summed E-state index contributed by atoms with van der Waals surface area (Å²) in [6.07, 6.45) is 5.06. The lowest BCUT2D eigenvalue weighted by Crippen LogP contribution is -2.07. The Morgan fingerprint density at radius 2 is 1.27 bits per heavy atom. The van der Waals surface area contributed by atoms with E-state index in [-0.39, 0.29) is 19.8 Å². The van der Waals surface area contributed by atoms with Crippen molar-refractivity contribution in [3.8, 4) is 0 Å². The molecule has 0 radical (unpaired) electrons. The first-order chi connectivity index (χ1) is 7.33. The average molecular weight is 211 g/mol. The van der Waals surface area contributed by atoms with Crippen molar-refractivity contribution in [3.05, 3.63) is 29.1 Å². The maximum absolute atomic E-state index is 8.96. The zero-order chi connectivity index (χ0) is 11.1. The molecule has 0 saturated carbocycles. The van der Waals surface area contributed by atoms with Crippen molar-refractivity contribution in [3.63, 3.8) is 0 Å². The van der Waals surface area contributed by atoms with E-state index < -0.39 is 0 Å². The van der Waals surface area contributed by atoms with E-state index >= 15 is 0 Å². The van der Waals surface area contributed by atoms with E-state index in [9.17, 15) is 0 Å². The maximum atomic E-state index is 8.96. The fourth-order valence-corrected chi connectivity index (χ4v) is 1.68. The van der Waals surface area contributed by atoms with Gasteiger partial charge in [-0.3, -0.25) is 4.98 Å². The number of hydrogen-bond donors (Lipinski definition) is 3. The molecule has 1 rings (SSSR count). The van der Waals surface area contributed by atoms with Crippen molar-refractivity contribution >= 4 is 0 Å². The molecule has 0 spiro atoms. The second-order valence-corrected chi connectivity index (χ2v) is 3.36. The van der Waals surface area contributed by atoms with Crippen LogP contribution in [0.25, 0.3) is 0 Å². The smallest absolute Gasteiger partial charge is 0.0472 e. The second-order valence-electron chi connectivity index (χ2n) is 3.36. The molecule has 4 heteroatoms. The van der Waals surface area contributed by atoms with Crippen LogP contribution in [0, 0.1) is 0 Å². The topological polar surface area (TPSA) is 73.6 Å². The average Bonchev–Trinajstić information content (AvgIpc) is 2.23. The van der Waals surface area contributed by atoms with E-state index in [4.69, 9.17) is 15.3 Å². The summed E-state index contributed by atoms with van der Waals surface area (Å²) < 4.78 is 0. The third-order valence-corrected chi connectivity index (χ3v) is 2.36. The van der Waals surface area contributed by atoms with Gasteiger partial charge in [-0.1, -0.05) is 0 Å². The Balaban J connectivity index is 2.97. The quantitative estimate of drug-likeness (QED) is 0.603. The Bertz CT molecular complexity index is 278. The van der Waals surface area contributed by atoms with Crippen molar-refractivity contribution < 1.29 is 15.3 Å². The zero-order valence-electron chi connectivity index (χ0n) is 8.69. The van der Waals surface area contributed by atoms with E-state index in [2.05, 4.69) is 4.98 Å². The predicted octanol–water partition coefficient (Wildman–Crippen LogP) is -0.314. The van der Waals surface area contributed by atoms with Gasteiger partial charge in [-0.15, -0.1) is 0 Å². The first-order valence-electron chi connectivity index (χ1n) is 5.10. The first kappa shape index (κ1) is 12.1. The molecule has 0 aromatic carbocycles. The minimum atomic E-state index is 0.0703. The minimum absolute atomic E-state index is 0.0703. The minimum Gasteiger partial charge on any atom is -0.396 e. The van der Waals surface area contributed by atoms with Crippen molar-refractivity contribution in [1.82, 2.24) is 4.98 Å². The number of rotatable bonds is 6. The SMILES string of the molecule is OCCc1cncc(CCO)c1CCO. The summed E-state index contributed by atoms with van der Waals surface area (Å²) >= 11 is 0. The summed E-state index contributed by atoms with van der Waals surface area (Å²) in [4.78, 5) is 4.06. The van der Waals surface area contributed by atoms with Gasteiger partial charge in [-0.2, -0.15) is 0 Å². The third kappa shape index (κ3) is 3.27. The Morgan fingerprint density at radius 3 is 1.67 bits per heavy atom. The fourth-order valence-electron chi connectivity index (χ4n) is 1.68. The normalized spacial score (nSPS) is 10.6. The monoisotopic (exact) mass is 211 g/mol. The van der Waals surface area contributed by atoms with Crippen LogP contribution in [-0.2, 0) is 19.3 Å². The number of aliphatic hydroxyl groups is 3. The standard InChI is InChI=1S/C11H17NO3/c13-4-1-9-7-12-8-10(2-5-14)11(9)3-6-15/h7-8,13-15H,1-6H2. The first-order valence-corrected chi connectivity index (χ1v) is 5.10. The van der Waals surface area contributed by atoms with E-state index in [1.54, 1.807) is 12.4 Å². The fraction of sp³-hybridized carbons (Fsp3) is 0.545. The Labute approximate surface area is 89.2 Å². The summed E-state index contributed by atoms with van der Waals surface area (Å²) in [5.74, 6) is 0. The van der Waals surface area contributed by atoms with Gasteiger partial charge in [0.25, 0.3) is 0 Å². The molecule has 0 aliphatic carbocycles. The second kappa shape index (κ2) is 6.50. The Hall–Kier alpha value is -0.970. The van der Waals surface area contributed by atoms with Gasteiger partial charge >= 0.3 is 0 Å². The molecule has 0 aliphatic heterocycles. The van der Waals surface area contributed by atoms with Crippen LogP contribution in [0.1, 0.15) is 16.7 Å². The summed E-state index contributed by atoms with van der Waals surface area (Å²) in [5.41, 5.74) is 2.92. The molecular formula is C11H17NO3. The summed E-state index contributed by atoms with van der Waals surface area (Å²) in [5, 5.41) is 26.7. The van der Waals surface area contributed by atoms with Gasteiger partial charge in [0.1, 0.15) is 0 Å². The number of hydrogen-bond acceptors (Lipinski definition) is 4. The number of aliphatic hydroxyl groups excluding tert-OH is 3. The lowest BCUT2D eigenvalue weighted by Gasteiger charge is -2.11. The molecule has 0 amide bonds. The molecule has 0 saturated heterocycles. The van der Waals surface area contributed by atoms with Crippen molar-refractivity contribution in [2.75, 3.05) is 19.8 Å². The van der Waals surface area contributed by atoms with Gasteiger partial charge in [-0.05, 0) is 36.0 Å². The molecule has 15 heavy (non-hydrogen) atoms. The van der Waals surface area contributed by atoms with E-state index in [1.165, 1.54) is 0 Å². The van der Waals surface area contributed by atoms with Gasteiger partial charge < -0.3 is 15.3 Å². The van der Waals surface area contributed by atoms with Crippen molar-refractivity contribution in [2.24, 2.45) is 0 Å². The highest BCUT2D eigenvalue weighted by atomic mass is 16.3. The molecule has 0 aliphatic rings. The molecule has 0 unspecified atom stereocenters. The molecule has 1 heterocycles. The van der Waals surface area contributed by atoms with Crippen LogP contribution in [0.2, 0.25) is 0 Å². The number of pyridine rings is 1. The summed E-state index contributed by atoms with van der Waals surface area (Å²) in [6.45, 7) is 0.215. The zero-order valence-corrected chi connectivity index (χ0v) is 8.69. The lowest BCUT2D eigenvalue weighted by molar-refractivity contribution is 0.289. The van der Waals surface area contributed by atoms with E-state index in [0.717, 1.165) is 16.7 Å². The van der Waals surface area contributed by atoms with Crippen LogP contribution >= 0.6 is 0 Å². The van der Waals surface area contributed by atoms with Crippen LogP contribution in [0.15, 0.2) is 12.4 Å². The Morgan fingerprint density at radius 1 is 0.800 bits per heavy atom. The summed E-state index contributed by atoms with van der Waals surface area (Å²) in [7, 11) is 0. The van der Waals surface area contributed by atoms with Gasteiger partial charge in [0.2, 0.25) is 0 Å². The van der Waals surface area contributed by atoms with Gasteiger partial charge in [0.05, 0.1) is 0 Å². The molecule has 0 bridgehead atoms. The van der Waals surface area contributed by atoms with Crippen LogP contribution < -0.4 is 0 Å². The number of nitrogens with zero attached hydrogens (tertiary/aromatic N) is 1. The van der Waals surface area contributed by atoms with E-state index in [0.29, 0.717) is 19.3 Å². The van der Waals surface area contributed by atoms with Crippen LogP contribution in [0.4, 0.5) is 0 Å². The molecule has 0 fully saturated rings.